The molecule has 2 fully saturated rings. The molecule has 0 spiro atoms. The summed E-state index contributed by atoms with van der Waals surface area (Å²) in [6.07, 6.45) is 10.5. The average molecular weight is 264 g/mol. The van der Waals surface area contributed by atoms with E-state index in [0.29, 0.717) is 12.0 Å². The van der Waals surface area contributed by atoms with Gasteiger partial charge in [-0.15, -0.1) is 0 Å². The molecule has 1 aliphatic carbocycles. The summed E-state index contributed by atoms with van der Waals surface area (Å²) in [7, 11) is 0. The van der Waals surface area contributed by atoms with Gasteiger partial charge in [0.1, 0.15) is 5.76 Å². The van der Waals surface area contributed by atoms with Crippen LogP contribution in [-0.2, 0) is 0 Å². The Morgan fingerprint density at radius 2 is 2.05 bits per heavy atom. The Balaban J connectivity index is 1.56. The zero-order chi connectivity index (χ0) is 13.1. The number of nitrogens with one attached hydrogen (secondary N) is 2. The first-order chi connectivity index (χ1) is 9.31. The third-order valence-corrected chi connectivity index (χ3v) is 4.78. The van der Waals surface area contributed by atoms with Gasteiger partial charge < -0.3 is 9.84 Å². The number of hydrogen-bond acceptors (Lipinski definition) is 3. The van der Waals surface area contributed by atoms with E-state index >= 15 is 0 Å². The molecule has 2 aliphatic rings. The van der Waals surface area contributed by atoms with Gasteiger partial charge in [0.25, 0.3) is 5.56 Å². The van der Waals surface area contributed by atoms with Crippen LogP contribution in [0.1, 0.15) is 63.0 Å². The Bertz CT molecular complexity index is 445. The van der Waals surface area contributed by atoms with Crippen molar-refractivity contribution in [3.63, 3.8) is 0 Å². The van der Waals surface area contributed by atoms with E-state index in [1.54, 1.807) is 6.07 Å². The van der Waals surface area contributed by atoms with E-state index in [4.69, 9.17) is 4.52 Å². The molecule has 1 aromatic heterocycles. The van der Waals surface area contributed by atoms with Crippen molar-refractivity contribution < 1.29 is 4.52 Å². The predicted molar refractivity (Wildman–Crippen MR) is 74.3 cm³/mol. The maximum atomic E-state index is 11.2. The lowest BCUT2D eigenvalue weighted by atomic mass is 9.80. The van der Waals surface area contributed by atoms with E-state index in [-0.39, 0.29) is 5.56 Å². The molecule has 19 heavy (non-hydrogen) atoms. The molecule has 106 valence electrons. The highest BCUT2D eigenvalue weighted by Crippen LogP contribution is 2.33. The van der Waals surface area contributed by atoms with Gasteiger partial charge in [0.2, 0.25) is 0 Å². The second kappa shape index (κ2) is 5.95. The highest BCUT2D eigenvalue weighted by atomic mass is 16.5. The maximum absolute atomic E-state index is 11.2. The van der Waals surface area contributed by atoms with Crippen molar-refractivity contribution in [3.8, 4) is 0 Å². The Hall–Kier alpha value is -1.03. The van der Waals surface area contributed by atoms with E-state index in [1.165, 1.54) is 38.5 Å². The summed E-state index contributed by atoms with van der Waals surface area (Å²) in [6.45, 7) is 1.04. The van der Waals surface area contributed by atoms with Gasteiger partial charge in [0.15, 0.2) is 0 Å². The van der Waals surface area contributed by atoms with Gasteiger partial charge in [-0.2, -0.15) is 5.16 Å². The molecule has 1 aromatic rings. The van der Waals surface area contributed by atoms with Crippen molar-refractivity contribution in [1.29, 1.82) is 0 Å². The smallest absolute Gasteiger partial charge is 0.280 e. The lowest BCUT2D eigenvalue weighted by molar-refractivity contribution is 0.242. The van der Waals surface area contributed by atoms with E-state index in [1.807, 2.05) is 0 Å². The average Bonchev–Trinajstić information content (AvgIpc) is 2.87. The number of piperidine rings is 1. The Kier molecular flexibility index (Phi) is 4.06. The van der Waals surface area contributed by atoms with Crippen LogP contribution in [0, 0.1) is 5.92 Å². The van der Waals surface area contributed by atoms with Gasteiger partial charge >= 0.3 is 0 Å². The third-order valence-electron chi connectivity index (χ3n) is 4.78. The largest absolute Gasteiger partial charge is 0.383 e. The lowest BCUT2D eigenvalue weighted by Gasteiger charge is -2.32. The van der Waals surface area contributed by atoms with Crippen LogP contribution in [0.4, 0.5) is 0 Å². The standard InChI is InChI=1S/C15H24N2O2/c18-15-10-14(19-17-15)12-6-7-16-13(9-12)8-11-4-2-1-3-5-11/h10-13,16H,1-9H2,(H,17,18)/t12-,13+/m1/s1. The molecular weight excluding hydrogens is 240 g/mol. The second-order valence-electron chi connectivity index (χ2n) is 6.23. The van der Waals surface area contributed by atoms with Crippen molar-refractivity contribution in [2.45, 2.75) is 63.3 Å². The fraction of sp³-hybridized carbons (Fsp3) is 0.800. The highest BCUT2D eigenvalue weighted by Gasteiger charge is 2.27. The molecule has 2 N–H and O–H groups in total. The van der Waals surface area contributed by atoms with E-state index in [9.17, 15) is 4.79 Å². The summed E-state index contributed by atoms with van der Waals surface area (Å²) in [5.74, 6) is 2.16. The molecule has 2 atom stereocenters. The van der Waals surface area contributed by atoms with Crippen LogP contribution < -0.4 is 10.9 Å². The van der Waals surface area contributed by atoms with Crippen molar-refractivity contribution >= 4 is 0 Å². The fourth-order valence-corrected chi connectivity index (χ4v) is 3.77. The molecule has 2 heterocycles. The Labute approximate surface area is 113 Å². The quantitative estimate of drug-likeness (QED) is 0.882. The molecule has 1 saturated heterocycles. The van der Waals surface area contributed by atoms with Gasteiger partial charge in [-0.25, -0.2) is 0 Å². The van der Waals surface area contributed by atoms with Crippen LogP contribution >= 0.6 is 0 Å². The van der Waals surface area contributed by atoms with Crippen LogP contribution in [-0.4, -0.2) is 17.7 Å². The van der Waals surface area contributed by atoms with Crippen molar-refractivity contribution in [1.82, 2.24) is 10.5 Å². The van der Waals surface area contributed by atoms with Gasteiger partial charge in [-0.05, 0) is 31.7 Å². The number of aromatic amines is 1. The van der Waals surface area contributed by atoms with Crippen molar-refractivity contribution in [2.24, 2.45) is 5.92 Å². The molecule has 0 amide bonds. The number of rotatable bonds is 3. The van der Waals surface area contributed by atoms with E-state index in [0.717, 1.165) is 31.1 Å². The molecule has 0 bridgehead atoms. The zero-order valence-corrected chi connectivity index (χ0v) is 11.5. The minimum absolute atomic E-state index is 0.114. The van der Waals surface area contributed by atoms with E-state index in [2.05, 4.69) is 10.5 Å². The third kappa shape index (κ3) is 3.30. The summed E-state index contributed by atoms with van der Waals surface area (Å²) in [5, 5.41) is 6.05. The summed E-state index contributed by atoms with van der Waals surface area (Å²) < 4.78 is 5.28. The van der Waals surface area contributed by atoms with E-state index < -0.39 is 0 Å². The molecule has 4 nitrogen and oxygen atoms in total. The molecule has 4 heteroatoms. The van der Waals surface area contributed by atoms with Crippen LogP contribution in [0.5, 0.6) is 0 Å². The van der Waals surface area contributed by atoms with Crippen LogP contribution in [0.3, 0.4) is 0 Å². The SMILES string of the molecule is O=c1cc([C@@H]2CCN[C@@H](CC3CCCCC3)C2)o[nH]1. The van der Waals surface area contributed by atoms with Gasteiger partial charge in [-0.3, -0.25) is 4.79 Å². The van der Waals surface area contributed by atoms with Gasteiger partial charge in [-0.1, -0.05) is 32.1 Å². The highest BCUT2D eigenvalue weighted by molar-refractivity contribution is 5.05. The molecule has 1 saturated carbocycles. The van der Waals surface area contributed by atoms with Crippen LogP contribution in [0.25, 0.3) is 0 Å². The number of H-pyrrole nitrogens is 1. The summed E-state index contributed by atoms with van der Waals surface area (Å²) in [5.41, 5.74) is -0.114. The fourth-order valence-electron chi connectivity index (χ4n) is 3.77. The Morgan fingerprint density at radius 3 is 2.79 bits per heavy atom. The summed E-state index contributed by atoms with van der Waals surface area (Å²) in [4.78, 5) is 11.2. The monoisotopic (exact) mass is 264 g/mol. The lowest BCUT2D eigenvalue weighted by Crippen LogP contribution is -2.38. The molecule has 0 unspecified atom stereocenters. The first-order valence-electron chi connectivity index (χ1n) is 7.73. The van der Waals surface area contributed by atoms with Crippen LogP contribution in [0.2, 0.25) is 0 Å². The molecule has 1 aliphatic heterocycles. The number of aromatic nitrogens is 1. The second-order valence-corrected chi connectivity index (χ2v) is 6.23. The number of hydrogen-bond donors (Lipinski definition) is 2. The normalized spacial score (nSPS) is 29.5. The first-order valence-corrected chi connectivity index (χ1v) is 7.73. The van der Waals surface area contributed by atoms with Crippen LogP contribution in [0.15, 0.2) is 15.4 Å². The van der Waals surface area contributed by atoms with Gasteiger partial charge in [0.05, 0.1) is 0 Å². The molecule has 0 radical (unpaired) electrons. The Morgan fingerprint density at radius 1 is 1.21 bits per heavy atom. The minimum atomic E-state index is -0.114. The van der Waals surface area contributed by atoms with Crippen molar-refractivity contribution in [3.05, 3.63) is 22.2 Å². The molecule has 3 rings (SSSR count). The van der Waals surface area contributed by atoms with Gasteiger partial charge in [0, 0.05) is 18.0 Å². The summed E-state index contributed by atoms with van der Waals surface area (Å²) >= 11 is 0. The predicted octanol–water partition coefficient (Wildman–Crippen LogP) is 2.77. The topological polar surface area (TPSA) is 58.0 Å². The summed E-state index contributed by atoms with van der Waals surface area (Å²) in [6, 6.07) is 2.22. The first kappa shape index (κ1) is 13.0. The van der Waals surface area contributed by atoms with Crippen molar-refractivity contribution in [2.75, 3.05) is 6.54 Å². The molecular formula is C15H24N2O2. The maximum Gasteiger partial charge on any atom is 0.280 e. The minimum Gasteiger partial charge on any atom is -0.383 e. The molecule has 0 aromatic carbocycles. The zero-order valence-electron chi connectivity index (χ0n) is 11.5.